The van der Waals surface area contributed by atoms with Crippen LogP contribution in [0.2, 0.25) is 0 Å². The predicted molar refractivity (Wildman–Crippen MR) is 89.5 cm³/mol. The van der Waals surface area contributed by atoms with E-state index in [1.165, 1.54) is 18.6 Å². The van der Waals surface area contributed by atoms with Crippen LogP contribution >= 0.6 is 0 Å². The number of nitrogens with zero attached hydrogens (tertiary/aromatic N) is 4. The Kier molecular flexibility index (Phi) is 4.23. The van der Waals surface area contributed by atoms with Gasteiger partial charge in [-0.15, -0.1) is 0 Å². The van der Waals surface area contributed by atoms with Gasteiger partial charge < -0.3 is 4.90 Å². The molecular weight excluding hydrogens is 292 g/mol. The van der Waals surface area contributed by atoms with Gasteiger partial charge in [-0.3, -0.25) is 10.1 Å². The van der Waals surface area contributed by atoms with E-state index in [1.54, 1.807) is 6.07 Å². The van der Waals surface area contributed by atoms with Crippen molar-refractivity contribution in [1.29, 1.82) is 0 Å². The molecule has 2 heterocycles. The summed E-state index contributed by atoms with van der Waals surface area (Å²) >= 11 is 0. The normalized spacial score (nSPS) is 18.0. The average Bonchev–Trinajstić information content (AvgIpc) is 2.54. The smallest absolute Gasteiger partial charge is 0.270 e. The molecule has 0 aliphatic carbocycles. The van der Waals surface area contributed by atoms with E-state index in [9.17, 15) is 10.1 Å². The second-order valence-electron chi connectivity index (χ2n) is 6.19. The van der Waals surface area contributed by atoms with Crippen LogP contribution in [0.25, 0.3) is 11.4 Å². The maximum Gasteiger partial charge on any atom is 0.270 e. The average molecular weight is 312 g/mol. The van der Waals surface area contributed by atoms with Gasteiger partial charge in [-0.1, -0.05) is 19.1 Å². The van der Waals surface area contributed by atoms with Gasteiger partial charge in [0, 0.05) is 42.5 Å². The van der Waals surface area contributed by atoms with Gasteiger partial charge >= 0.3 is 0 Å². The Morgan fingerprint density at radius 3 is 2.87 bits per heavy atom. The highest BCUT2D eigenvalue weighted by Gasteiger charge is 2.19. The van der Waals surface area contributed by atoms with Crippen LogP contribution in [0.15, 0.2) is 30.3 Å². The van der Waals surface area contributed by atoms with Crippen LogP contribution in [0, 0.1) is 23.0 Å². The molecule has 1 aliphatic heterocycles. The monoisotopic (exact) mass is 312 g/mol. The molecule has 0 amide bonds. The number of piperidine rings is 1. The molecule has 0 radical (unpaired) electrons. The van der Waals surface area contributed by atoms with Gasteiger partial charge in [0.05, 0.1) is 4.92 Å². The van der Waals surface area contributed by atoms with Crippen LogP contribution in [-0.4, -0.2) is 28.0 Å². The summed E-state index contributed by atoms with van der Waals surface area (Å²) in [6.45, 7) is 6.17. The molecule has 1 aromatic heterocycles. The van der Waals surface area contributed by atoms with Crippen molar-refractivity contribution in [2.45, 2.75) is 26.7 Å². The van der Waals surface area contributed by atoms with Crippen LogP contribution in [-0.2, 0) is 0 Å². The number of aromatic nitrogens is 2. The van der Waals surface area contributed by atoms with E-state index in [-0.39, 0.29) is 5.69 Å². The molecule has 0 bridgehead atoms. The van der Waals surface area contributed by atoms with E-state index in [0.717, 1.165) is 31.0 Å². The summed E-state index contributed by atoms with van der Waals surface area (Å²) in [6, 6.07) is 8.47. The van der Waals surface area contributed by atoms with Crippen molar-refractivity contribution in [3.8, 4) is 11.4 Å². The fourth-order valence-corrected chi connectivity index (χ4v) is 3.00. The predicted octanol–water partition coefficient (Wildman–Crippen LogP) is 3.60. The maximum atomic E-state index is 11.0. The Morgan fingerprint density at radius 1 is 1.30 bits per heavy atom. The zero-order valence-electron chi connectivity index (χ0n) is 13.4. The summed E-state index contributed by atoms with van der Waals surface area (Å²) in [4.78, 5) is 22.0. The van der Waals surface area contributed by atoms with Crippen LogP contribution in [0.1, 0.15) is 25.5 Å². The van der Waals surface area contributed by atoms with Crippen LogP contribution in [0.3, 0.4) is 0 Å². The molecule has 1 aliphatic rings. The van der Waals surface area contributed by atoms with Gasteiger partial charge in [-0.05, 0) is 25.7 Å². The molecule has 6 nitrogen and oxygen atoms in total. The first-order valence-electron chi connectivity index (χ1n) is 7.88. The first-order valence-corrected chi connectivity index (χ1v) is 7.88. The van der Waals surface area contributed by atoms with Gasteiger partial charge in [-0.25, -0.2) is 9.97 Å². The van der Waals surface area contributed by atoms with E-state index >= 15 is 0 Å². The number of nitro groups is 1. The molecule has 1 atom stereocenters. The van der Waals surface area contributed by atoms with E-state index in [1.807, 2.05) is 19.1 Å². The van der Waals surface area contributed by atoms with Gasteiger partial charge in [0.1, 0.15) is 5.82 Å². The van der Waals surface area contributed by atoms with Crippen LogP contribution in [0.5, 0.6) is 0 Å². The van der Waals surface area contributed by atoms with Gasteiger partial charge in [0.15, 0.2) is 5.82 Å². The maximum absolute atomic E-state index is 11.0. The molecule has 0 saturated carbocycles. The molecule has 23 heavy (non-hydrogen) atoms. The lowest BCUT2D eigenvalue weighted by Gasteiger charge is -2.32. The third kappa shape index (κ3) is 3.47. The van der Waals surface area contributed by atoms with Crippen molar-refractivity contribution in [2.75, 3.05) is 18.0 Å². The van der Waals surface area contributed by atoms with Crippen molar-refractivity contribution in [3.05, 3.63) is 46.1 Å². The lowest BCUT2D eigenvalue weighted by molar-refractivity contribution is -0.384. The highest BCUT2D eigenvalue weighted by Crippen LogP contribution is 2.26. The molecular formula is C17H20N4O2. The van der Waals surface area contributed by atoms with Crippen LogP contribution in [0.4, 0.5) is 11.5 Å². The highest BCUT2D eigenvalue weighted by atomic mass is 16.6. The van der Waals surface area contributed by atoms with E-state index in [0.29, 0.717) is 17.3 Å². The lowest BCUT2D eigenvalue weighted by atomic mass is 10.0. The summed E-state index contributed by atoms with van der Waals surface area (Å²) in [5, 5.41) is 11.0. The first-order chi connectivity index (χ1) is 11.0. The number of benzene rings is 1. The van der Waals surface area contributed by atoms with E-state index in [4.69, 9.17) is 0 Å². The minimum Gasteiger partial charge on any atom is -0.356 e. The van der Waals surface area contributed by atoms with Crippen molar-refractivity contribution in [3.63, 3.8) is 0 Å². The van der Waals surface area contributed by atoms with Crippen LogP contribution < -0.4 is 4.90 Å². The van der Waals surface area contributed by atoms with E-state index in [2.05, 4.69) is 21.8 Å². The molecule has 2 aromatic rings. The van der Waals surface area contributed by atoms with Gasteiger partial charge in [0.25, 0.3) is 5.69 Å². The topological polar surface area (TPSA) is 72.2 Å². The third-order valence-corrected chi connectivity index (χ3v) is 4.14. The first kappa shape index (κ1) is 15.4. The summed E-state index contributed by atoms with van der Waals surface area (Å²) in [5.41, 5.74) is 1.60. The Balaban J connectivity index is 1.97. The Bertz CT molecular complexity index is 732. The van der Waals surface area contributed by atoms with Crippen molar-refractivity contribution >= 4 is 11.5 Å². The Labute approximate surface area is 135 Å². The number of hydrogen-bond acceptors (Lipinski definition) is 5. The minimum absolute atomic E-state index is 0.0563. The standard InChI is InChI=1S/C17H20N4O2/c1-12-5-4-8-20(11-12)16-9-13(2)18-17(19-16)14-6-3-7-15(10-14)21(22)23/h3,6-7,9-10,12H,4-5,8,11H2,1-2H3. The molecule has 6 heteroatoms. The second kappa shape index (κ2) is 6.32. The summed E-state index contributed by atoms with van der Waals surface area (Å²) in [6.07, 6.45) is 2.41. The largest absolute Gasteiger partial charge is 0.356 e. The zero-order valence-corrected chi connectivity index (χ0v) is 13.4. The number of aryl methyl sites for hydroxylation is 1. The quantitative estimate of drug-likeness (QED) is 0.639. The molecule has 120 valence electrons. The van der Waals surface area contributed by atoms with Gasteiger partial charge in [0.2, 0.25) is 0 Å². The number of hydrogen-bond donors (Lipinski definition) is 0. The lowest BCUT2D eigenvalue weighted by Crippen LogP contribution is -2.35. The number of rotatable bonds is 3. The van der Waals surface area contributed by atoms with E-state index < -0.39 is 4.92 Å². The molecule has 0 N–H and O–H groups in total. The SMILES string of the molecule is Cc1cc(N2CCCC(C)C2)nc(-c2cccc([N+](=O)[O-])c2)n1. The fourth-order valence-electron chi connectivity index (χ4n) is 3.00. The number of anilines is 1. The minimum atomic E-state index is -0.396. The molecule has 1 aromatic carbocycles. The summed E-state index contributed by atoms with van der Waals surface area (Å²) in [7, 11) is 0. The second-order valence-corrected chi connectivity index (χ2v) is 6.19. The molecule has 0 spiro atoms. The summed E-state index contributed by atoms with van der Waals surface area (Å²) < 4.78 is 0. The highest BCUT2D eigenvalue weighted by molar-refractivity contribution is 5.61. The Morgan fingerprint density at radius 2 is 2.13 bits per heavy atom. The molecule has 1 saturated heterocycles. The zero-order chi connectivity index (χ0) is 16.4. The molecule has 3 rings (SSSR count). The van der Waals surface area contributed by atoms with Crippen molar-refractivity contribution < 1.29 is 4.92 Å². The molecule has 1 unspecified atom stereocenters. The van der Waals surface area contributed by atoms with Gasteiger partial charge in [-0.2, -0.15) is 0 Å². The Hall–Kier alpha value is -2.50. The molecule has 1 fully saturated rings. The fraction of sp³-hybridized carbons (Fsp3) is 0.412. The number of nitro benzene ring substituents is 1. The summed E-state index contributed by atoms with van der Waals surface area (Å²) in [5.74, 6) is 2.10. The third-order valence-electron chi connectivity index (χ3n) is 4.14. The number of non-ortho nitro benzene ring substituents is 1. The van der Waals surface area contributed by atoms with Crippen molar-refractivity contribution in [2.24, 2.45) is 5.92 Å². The van der Waals surface area contributed by atoms with Crippen molar-refractivity contribution in [1.82, 2.24) is 9.97 Å².